The highest BCUT2D eigenvalue weighted by Crippen LogP contribution is 2.17. The zero-order valence-corrected chi connectivity index (χ0v) is 11.2. The molecule has 3 aromatic rings. The van der Waals surface area contributed by atoms with Crippen LogP contribution >= 0.6 is 0 Å². The van der Waals surface area contributed by atoms with Crippen LogP contribution in [0.4, 0.5) is 0 Å². The molecule has 1 amide bonds. The van der Waals surface area contributed by atoms with Crippen molar-refractivity contribution in [2.75, 3.05) is 6.54 Å². The van der Waals surface area contributed by atoms with Crippen molar-refractivity contribution in [1.29, 1.82) is 0 Å². The molecule has 0 aliphatic heterocycles. The highest BCUT2D eigenvalue weighted by Gasteiger charge is 2.10. The second kappa shape index (κ2) is 5.62. The van der Waals surface area contributed by atoms with Gasteiger partial charge in [-0.2, -0.15) is 0 Å². The average molecular weight is 282 g/mol. The smallest absolute Gasteiger partial charge is 0.253 e. The number of aromatic amines is 1. The number of aromatic nitrogens is 3. The predicted molar refractivity (Wildman–Crippen MR) is 79.1 cm³/mol. The van der Waals surface area contributed by atoms with Gasteiger partial charge in [0.15, 0.2) is 0 Å². The molecule has 0 radical (unpaired) electrons. The van der Waals surface area contributed by atoms with Gasteiger partial charge in [0.05, 0.1) is 11.9 Å². The number of rotatable bonds is 4. The first-order chi connectivity index (χ1) is 10.3. The van der Waals surface area contributed by atoms with E-state index in [1.54, 1.807) is 6.20 Å². The number of amides is 1. The van der Waals surface area contributed by atoms with Gasteiger partial charge in [0.25, 0.3) is 11.5 Å². The van der Waals surface area contributed by atoms with Crippen LogP contribution < -0.4 is 10.9 Å². The van der Waals surface area contributed by atoms with Gasteiger partial charge < -0.3 is 10.3 Å². The third-order valence-corrected chi connectivity index (χ3v) is 3.26. The molecule has 0 unspecified atom stereocenters. The van der Waals surface area contributed by atoms with Crippen LogP contribution in [0, 0.1) is 0 Å². The summed E-state index contributed by atoms with van der Waals surface area (Å²) >= 11 is 0. The Hall–Kier alpha value is -2.89. The topological polar surface area (TPSA) is 79.8 Å². The number of benzene rings is 1. The second-order valence-electron chi connectivity index (χ2n) is 4.62. The summed E-state index contributed by atoms with van der Waals surface area (Å²) in [6.07, 6.45) is 4.60. The summed E-state index contributed by atoms with van der Waals surface area (Å²) in [5.74, 6) is -0.163. The standard InChI is InChI=1S/C15H14N4O2/c20-14-5-6-16-10-19(14)8-7-17-15(21)12-9-18-13-4-2-1-3-11(12)13/h1-6,9-10,18H,7-8H2,(H,17,21). The SMILES string of the molecule is O=C(NCCn1cnccc1=O)c1c[nH]c2ccccc12. The number of hydrogen-bond donors (Lipinski definition) is 2. The van der Waals surface area contributed by atoms with E-state index >= 15 is 0 Å². The number of hydrogen-bond acceptors (Lipinski definition) is 3. The molecule has 0 saturated heterocycles. The van der Waals surface area contributed by atoms with Crippen LogP contribution in [-0.2, 0) is 6.54 Å². The summed E-state index contributed by atoms with van der Waals surface area (Å²) in [5, 5.41) is 3.69. The van der Waals surface area contributed by atoms with Crippen molar-refractivity contribution in [1.82, 2.24) is 19.9 Å². The lowest BCUT2D eigenvalue weighted by Gasteiger charge is -2.06. The molecule has 0 aliphatic carbocycles. The molecule has 3 rings (SSSR count). The van der Waals surface area contributed by atoms with Crippen LogP contribution in [0.25, 0.3) is 10.9 Å². The minimum absolute atomic E-state index is 0.133. The Morgan fingerprint density at radius 3 is 3.00 bits per heavy atom. The Labute approximate surface area is 120 Å². The number of nitrogens with one attached hydrogen (secondary N) is 2. The minimum Gasteiger partial charge on any atom is -0.360 e. The van der Waals surface area contributed by atoms with Crippen LogP contribution in [-0.4, -0.2) is 27.0 Å². The summed E-state index contributed by atoms with van der Waals surface area (Å²) in [6.45, 7) is 0.755. The van der Waals surface area contributed by atoms with Crippen LogP contribution in [0.15, 0.2) is 53.8 Å². The van der Waals surface area contributed by atoms with Gasteiger partial charge >= 0.3 is 0 Å². The van der Waals surface area contributed by atoms with Gasteiger partial charge in [0, 0.05) is 42.5 Å². The fourth-order valence-electron chi connectivity index (χ4n) is 2.19. The quantitative estimate of drug-likeness (QED) is 0.753. The normalized spacial score (nSPS) is 10.7. The van der Waals surface area contributed by atoms with Crippen molar-refractivity contribution in [3.8, 4) is 0 Å². The molecule has 6 nitrogen and oxygen atoms in total. The maximum absolute atomic E-state index is 12.2. The molecule has 0 spiro atoms. The third kappa shape index (κ3) is 2.69. The van der Waals surface area contributed by atoms with Crippen molar-refractivity contribution >= 4 is 16.8 Å². The molecule has 0 saturated carbocycles. The van der Waals surface area contributed by atoms with E-state index in [1.807, 2.05) is 24.3 Å². The van der Waals surface area contributed by atoms with Crippen molar-refractivity contribution in [2.45, 2.75) is 6.54 Å². The molecule has 21 heavy (non-hydrogen) atoms. The molecule has 0 aliphatic rings. The summed E-state index contributed by atoms with van der Waals surface area (Å²) < 4.78 is 1.45. The number of carbonyl (C=O) groups is 1. The highest BCUT2D eigenvalue weighted by atomic mass is 16.1. The largest absolute Gasteiger partial charge is 0.360 e. The third-order valence-electron chi connectivity index (χ3n) is 3.26. The van der Waals surface area contributed by atoms with E-state index in [1.165, 1.54) is 23.2 Å². The van der Waals surface area contributed by atoms with Gasteiger partial charge in [-0.05, 0) is 6.07 Å². The van der Waals surface area contributed by atoms with Gasteiger partial charge in [-0.3, -0.25) is 14.2 Å². The van der Waals surface area contributed by atoms with Crippen molar-refractivity contribution in [2.24, 2.45) is 0 Å². The van der Waals surface area contributed by atoms with Crippen LogP contribution in [0.5, 0.6) is 0 Å². The van der Waals surface area contributed by atoms with Crippen LogP contribution in [0.1, 0.15) is 10.4 Å². The van der Waals surface area contributed by atoms with Gasteiger partial charge in [-0.15, -0.1) is 0 Å². The Morgan fingerprint density at radius 1 is 1.29 bits per heavy atom. The van der Waals surface area contributed by atoms with E-state index in [0.29, 0.717) is 18.7 Å². The summed E-state index contributed by atoms with van der Waals surface area (Å²) in [5.41, 5.74) is 1.39. The monoisotopic (exact) mass is 282 g/mol. The zero-order valence-electron chi connectivity index (χ0n) is 11.2. The van der Waals surface area contributed by atoms with Crippen molar-refractivity contribution < 1.29 is 4.79 Å². The Bertz CT molecular complexity index is 835. The lowest BCUT2D eigenvalue weighted by molar-refractivity contribution is 0.0954. The fourth-order valence-corrected chi connectivity index (χ4v) is 2.19. The maximum Gasteiger partial charge on any atom is 0.253 e. The molecule has 2 N–H and O–H groups in total. The molecule has 1 aromatic carbocycles. The summed E-state index contributed by atoms with van der Waals surface area (Å²) in [4.78, 5) is 30.6. The summed E-state index contributed by atoms with van der Waals surface area (Å²) in [6, 6.07) is 9.01. The molecule has 106 valence electrons. The van der Waals surface area contributed by atoms with E-state index in [-0.39, 0.29) is 11.5 Å². The van der Waals surface area contributed by atoms with Gasteiger partial charge in [0.2, 0.25) is 0 Å². The maximum atomic E-state index is 12.2. The van der Waals surface area contributed by atoms with Gasteiger partial charge in [-0.25, -0.2) is 4.98 Å². The number of fused-ring (bicyclic) bond motifs is 1. The van der Waals surface area contributed by atoms with Crippen LogP contribution in [0.3, 0.4) is 0 Å². The first kappa shape index (κ1) is 13.1. The highest BCUT2D eigenvalue weighted by molar-refractivity contribution is 6.06. The number of nitrogens with zero attached hydrogens (tertiary/aromatic N) is 2. The van der Waals surface area contributed by atoms with E-state index in [2.05, 4.69) is 15.3 Å². The average Bonchev–Trinajstić information content (AvgIpc) is 2.93. The second-order valence-corrected chi connectivity index (χ2v) is 4.62. The fraction of sp³-hybridized carbons (Fsp3) is 0.133. The first-order valence-electron chi connectivity index (χ1n) is 6.60. The first-order valence-corrected chi connectivity index (χ1v) is 6.60. The zero-order chi connectivity index (χ0) is 14.7. The van der Waals surface area contributed by atoms with Gasteiger partial charge in [-0.1, -0.05) is 18.2 Å². The lowest BCUT2D eigenvalue weighted by atomic mass is 10.1. The van der Waals surface area contributed by atoms with Crippen molar-refractivity contribution in [3.05, 3.63) is 65.0 Å². The molecule has 2 heterocycles. The Morgan fingerprint density at radius 2 is 2.14 bits per heavy atom. The van der Waals surface area contributed by atoms with E-state index in [9.17, 15) is 9.59 Å². The molecule has 0 bridgehead atoms. The molecular weight excluding hydrogens is 268 g/mol. The summed E-state index contributed by atoms with van der Waals surface area (Å²) in [7, 11) is 0. The number of H-pyrrole nitrogens is 1. The molecule has 2 aromatic heterocycles. The van der Waals surface area contributed by atoms with E-state index in [0.717, 1.165) is 10.9 Å². The van der Waals surface area contributed by atoms with E-state index < -0.39 is 0 Å². The Balaban J connectivity index is 1.67. The predicted octanol–water partition coefficient (Wildman–Crippen LogP) is 1.15. The van der Waals surface area contributed by atoms with E-state index in [4.69, 9.17) is 0 Å². The van der Waals surface area contributed by atoms with Gasteiger partial charge in [0.1, 0.15) is 0 Å². The number of carbonyl (C=O) groups excluding carboxylic acids is 1. The Kier molecular flexibility index (Phi) is 3.51. The molecule has 0 fully saturated rings. The lowest BCUT2D eigenvalue weighted by Crippen LogP contribution is -2.30. The molecular formula is C15H14N4O2. The number of para-hydroxylation sites is 1. The van der Waals surface area contributed by atoms with Crippen LogP contribution in [0.2, 0.25) is 0 Å². The van der Waals surface area contributed by atoms with Crippen molar-refractivity contribution in [3.63, 3.8) is 0 Å². The molecule has 0 atom stereocenters. The minimum atomic E-state index is -0.163. The molecule has 6 heteroatoms.